The first-order valence-electron chi connectivity index (χ1n) is 6.25. The molecule has 0 aliphatic rings. The van der Waals surface area contributed by atoms with Crippen LogP contribution in [-0.4, -0.2) is 10.2 Å². The number of carbonyl (C=O) groups is 1. The summed E-state index contributed by atoms with van der Waals surface area (Å²) in [5.41, 5.74) is 3.06. The molecule has 3 rings (SSSR count). The Morgan fingerprint density at radius 2 is 1.77 bits per heavy atom. The van der Waals surface area contributed by atoms with Crippen LogP contribution in [0.3, 0.4) is 0 Å². The van der Waals surface area contributed by atoms with E-state index in [0.717, 1.165) is 22.3 Å². The molecule has 0 aliphatic carbocycles. The molecule has 1 aromatic heterocycles. The SMILES string of the molecule is Cl.O=C(Cl)c1ccc(Nc2ccnc3cc(Cl)ccc23)cc1. The minimum Gasteiger partial charge on any atom is -0.355 e. The molecule has 6 heteroatoms. The number of fused-ring (bicyclic) bond motifs is 1. The van der Waals surface area contributed by atoms with E-state index in [2.05, 4.69) is 10.3 Å². The van der Waals surface area contributed by atoms with E-state index in [1.165, 1.54) is 0 Å². The maximum absolute atomic E-state index is 11.0. The number of benzene rings is 2. The van der Waals surface area contributed by atoms with Gasteiger partial charge >= 0.3 is 0 Å². The van der Waals surface area contributed by atoms with Crippen molar-refractivity contribution in [3.8, 4) is 0 Å². The highest BCUT2D eigenvalue weighted by molar-refractivity contribution is 6.67. The minimum absolute atomic E-state index is 0. The second-order valence-electron chi connectivity index (χ2n) is 4.50. The van der Waals surface area contributed by atoms with E-state index in [1.807, 2.05) is 24.3 Å². The fourth-order valence-corrected chi connectivity index (χ4v) is 2.36. The summed E-state index contributed by atoms with van der Waals surface area (Å²) < 4.78 is 0. The molecule has 1 N–H and O–H groups in total. The van der Waals surface area contributed by atoms with Crippen molar-refractivity contribution in [3.05, 3.63) is 65.3 Å². The van der Waals surface area contributed by atoms with Crippen LogP contribution in [0.25, 0.3) is 10.9 Å². The molecule has 2 aromatic carbocycles. The lowest BCUT2D eigenvalue weighted by Crippen LogP contribution is -1.94. The van der Waals surface area contributed by atoms with E-state index in [-0.39, 0.29) is 12.4 Å². The summed E-state index contributed by atoms with van der Waals surface area (Å²) in [5, 5.41) is 4.45. The topological polar surface area (TPSA) is 42.0 Å². The number of nitrogens with zero attached hydrogens (tertiary/aromatic N) is 1. The number of rotatable bonds is 3. The Bertz CT molecular complexity index is 819. The summed E-state index contributed by atoms with van der Waals surface area (Å²) in [6, 6.07) is 14.4. The van der Waals surface area contributed by atoms with E-state index in [4.69, 9.17) is 23.2 Å². The molecule has 1 heterocycles. The van der Waals surface area contributed by atoms with E-state index < -0.39 is 5.24 Å². The van der Waals surface area contributed by atoms with Gasteiger partial charge in [-0.15, -0.1) is 12.4 Å². The molecule has 112 valence electrons. The molecule has 0 saturated heterocycles. The van der Waals surface area contributed by atoms with Crippen LogP contribution in [0.4, 0.5) is 11.4 Å². The lowest BCUT2D eigenvalue weighted by molar-refractivity contribution is 0.108. The molecular weight excluding hydrogens is 343 g/mol. The van der Waals surface area contributed by atoms with Crippen molar-refractivity contribution in [1.29, 1.82) is 0 Å². The maximum Gasteiger partial charge on any atom is 0.252 e. The highest BCUT2D eigenvalue weighted by Crippen LogP contribution is 2.27. The van der Waals surface area contributed by atoms with Crippen molar-refractivity contribution in [2.75, 3.05) is 5.32 Å². The number of hydrogen-bond donors (Lipinski definition) is 1. The molecule has 0 spiro atoms. The van der Waals surface area contributed by atoms with Gasteiger partial charge in [-0.3, -0.25) is 9.78 Å². The van der Waals surface area contributed by atoms with Gasteiger partial charge in [-0.2, -0.15) is 0 Å². The first-order chi connectivity index (χ1) is 10.1. The number of nitrogens with one attached hydrogen (secondary N) is 1. The monoisotopic (exact) mass is 352 g/mol. The molecule has 3 nitrogen and oxygen atoms in total. The Hall–Kier alpha value is -1.81. The van der Waals surface area contributed by atoms with Crippen molar-refractivity contribution in [2.45, 2.75) is 0 Å². The Morgan fingerprint density at radius 1 is 1.05 bits per heavy atom. The van der Waals surface area contributed by atoms with Gasteiger partial charge in [0.05, 0.1) is 5.52 Å². The second kappa shape index (κ2) is 6.97. The normalized spacial score (nSPS) is 10.1. The van der Waals surface area contributed by atoms with Crippen LogP contribution in [-0.2, 0) is 0 Å². The minimum atomic E-state index is -0.467. The zero-order chi connectivity index (χ0) is 14.8. The van der Waals surface area contributed by atoms with Gasteiger partial charge in [-0.05, 0) is 60.1 Å². The Kier molecular flexibility index (Phi) is 5.24. The van der Waals surface area contributed by atoms with E-state index in [9.17, 15) is 4.79 Å². The summed E-state index contributed by atoms with van der Waals surface area (Å²) in [4.78, 5) is 15.3. The van der Waals surface area contributed by atoms with Crippen LogP contribution in [0.15, 0.2) is 54.7 Å². The number of halogens is 3. The van der Waals surface area contributed by atoms with Crippen molar-refractivity contribution < 1.29 is 4.79 Å². The van der Waals surface area contributed by atoms with Gasteiger partial charge in [0.2, 0.25) is 0 Å². The van der Waals surface area contributed by atoms with E-state index in [0.29, 0.717) is 10.6 Å². The lowest BCUT2D eigenvalue weighted by atomic mass is 10.1. The third-order valence-corrected chi connectivity index (χ3v) is 3.55. The largest absolute Gasteiger partial charge is 0.355 e. The molecule has 22 heavy (non-hydrogen) atoms. The summed E-state index contributed by atoms with van der Waals surface area (Å²) in [6.07, 6.45) is 1.72. The van der Waals surface area contributed by atoms with Gasteiger partial charge in [-0.1, -0.05) is 11.6 Å². The summed E-state index contributed by atoms with van der Waals surface area (Å²) >= 11 is 11.4. The first-order valence-corrected chi connectivity index (χ1v) is 7.00. The summed E-state index contributed by atoms with van der Waals surface area (Å²) in [7, 11) is 0. The van der Waals surface area contributed by atoms with Gasteiger partial charge in [0, 0.05) is 33.5 Å². The highest BCUT2D eigenvalue weighted by Gasteiger charge is 2.04. The Labute approximate surface area is 143 Å². The van der Waals surface area contributed by atoms with Crippen LogP contribution < -0.4 is 5.32 Å². The quantitative estimate of drug-likeness (QED) is 0.638. The number of hydrogen-bond acceptors (Lipinski definition) is 3. The third-order valence-electron chi connectivity index (χ3n) is 3.10. The van der Waals surface area contributed by atoms with Crippen molar-refractivity contribution in [1.82, 2.24) is 4.98 Å². The van der Waals surface area contributed by atoms with E-state index >= 15 is 0 Å². The van der Waals surface area contributed by atoms with Crippen LogP contribution in [0.1, 0.15) is 10.4 Å². The zero-order valence-electron chi connectivity index (χ0n) is 11.2. The van der Waals surface area contributed by atoms with Gasteiger partial charge in [0.1, 0.15) is 0 Å². The number of aromatic nitrogens is 1. The average molecular weight is 354 g/mol. The summed E-state index contributed by atoms with van der Waals surface area (Å²) in [6.45, 7) is 0. The van der Waals surface area contributed by atoms with Crippen LogP contribution in [0.5, 0.6) is 0 Å². The number of carbonyl (C=O) groups excluding carboxylic acids is 1. The van der Waals surface area contributed by atoms with Gasteiger partial charge in [0.25, 0.3) is 5.24 Å². The Morgan fingerprint density at radius 3 is 2.45 bits per heavy atom. The average Bonchev–Trinajstić information content (AvgIpc) is 2.47. The predicted octanol–water partition coefficient (Wildman–Crippen LogP) is 5.43. The smallest absolute Gasteiger partial charge is 0.252 e. The zero-order valence-corrected chi connectivity index (χ0v) is 13.5. The van der Waals surface area contributed by atoms with E-state index in [1.54, 1.807) is 30.5 Å². The predicted molar refractivity (Wildman–Crippen MR) is 93.9 cm³/mol. The fourth-order valence-electron chi connectivity index (χ4n) is 2.07. The van der Waals surface area contributed by atoms with Gasteiger partial charge in [0.15, 0.2) is 0 Å². The second-order valence-corrected chi connectivity index (χ2v) is 5.28. The molecular formula is C16H11Cl3N2O. The van der Waals surface area contributed by atoms with Gasteiger partial charge < -0.3 is 5.32 Å². The van der Waals surface area contributed by atoms with Crippen LogP contribution in [0.2, 0.25) is 5.02 Å². The molecule has 0 unspecified atom stereocenters. The molecule has 0 amide bonds. The molecule has 0 saturated carbocycles. The number of anilines is 2. The fraction of sp³-hybridized carbons (Fsp3) is 0. The molecule has 0 atom stereocenters. The Balaban J connectivity index is 0.00000176. The molecule has 0 radical (unpaired) electrons. The molecule has 0 fully saturated rings. The molecule has 0 bridgehead atoms. The maximum atomic E-state index is 11.0. The van der Waals surface area contributed by atoms with Crippen molar-refractivity contribution in [2.24, 2.45) is 0 Å². The van der Waals surface area contributed by atoms with Crippen LogP contribution >= 0.6 is 35.6 Å². The standard InChI is InChI=1S/C16H10Cl2N2O.ClH/c17-11-3-6-13-14(7-8-19-15(13)9-11)20-12-4-1-10(2-5-12)16(18)21;/h1-9H,(H,19,20);1H. The molecule has 3 aromatic rings. The summed E-state index contributed by atoms with van der Waals surface area (Å²) in [5.74, 6) is 0. The lowest BCUT2D eigenvalue weighted by Gasteiger charge is -2.10. The van der Waals surface area contributed by atoms with Crippen molar-refractivity contribution in [3.63, 3.8) is 0 Å². The van der Waals surface area contributed by atoms with Gasteiger partial charge in [-0.25, -0.2) is 0 Å². The van der Waals surface area contributed by atoms with Crippen molar-refractivity contribution >= 4 is 63.1 Å². The number of pyridine rings is 1. The first kappa shape index (κ1) is 16.6. The third kappa shape index (κ3) is 3.50. The molecule has 0 aliphatic heterocycles. The van der Waals surface area contributed by atoms with Crippen LogP contribution in [0, 0.1) is 0 Å². The highest BCUT2D eigenvalue weighted by atomic mass is 35.5.